The Labute approximate surface area is 136 Å². The monoisotopic (exact) mass is 322 g/mol. The summed E-state index contributed by atoms with van der Waals surface area (Å²) < 4.78 is 2.17. The lowest BCUT2D eigenvalue weighted by Gasteiger charge is -2.29. The molecule has 2 fully saturated rings. The molecule has 5 nitrogen and oxygen atoms in total. The van der Waals surface area contributed by atoms with Crippen LogP contribution in [-0.4, -0.2) is 32.5 Å². The number of nitrogens with one attached hydrogen (secondary N) is 1. The number of thioether (sulfide) groups is 1. The van der Waals surface area contributed by atoms with Gasteiger partial charge in [0.15, 0.2) is 5.16 Å². The SMILES string of the molecule is CCn1c(SCC(=O)N[C@@H]2CCCC[C@@H]2C)nnc1C1CC1. The van der Waals surface area contributed by atoms with E-state index in [1.54, 1.807) is 0 Å². The molecule has 2 atom stereocenters. The molecule has 1 N–H and O–H groups in total. The van der Waals surface area contributed by atoms with Gasteiger partial charge in [-0.2, -0.15) is 0 Å². The molecule has 3 rings (SSSR count). The number of carbonyl (C=O) groups excluding carboxylic acids is 1. The first kappa shape index (κ1) is 15.8. The molecule has 0 saturated heterocycles. The zero-order valence-corrected chi connectivity index (χ0v) is 14.4. The van der Waals surface area contributed by atoms with Gasteiger partial charge in [0.2, 0.25) is 5.91 Å². The molecule has 2 saturated carbocycles. The van der Waals surface area contributed by atoms with Crippen LogP contribution in [0.2, 0.25) is 0 Å². The highest BCUT2D eigenvalue weighted by atomic mass is 32.2. The molecule has 0 spiro atoms. The molecular weight excluding hydrogens is 296 g/mol. The van der Waals surface area contributed by atoms with E-state index in [4.69, 9.17) is 0 Å². The van der Waals surface area contributed by atoms with Crippen molar-refractivity contribution >= 4 is 17.7 Å². The lowest BCUT2D eigenvalue weighted by molar-refractivity contribution is -0.119. The highest BCUT2D eigenvalue weighted by molar-refractivity contribution is 7.99. The van der Waals surface area contributed by atoms with Gasteiger partial charge in [-0.3, -0.25) is 4.79 Å². The first-order chi connectivity index (χ1) is 10.7. The van der Waals surface area contributed by atoms with Crippen molar-refractivity contribution in [3.8, 4) is 0 Å². The Kier molecular flexibility index (Phi) is 5.06. The van der Waals surface area contributed by atoms with Crippen molar-refractivity contribution in [1.29, 1.82) is 0 Å². The molecule has 2 aliphatic carbocycles. The fraction of sp³-hybridized carbons (Fsp3) is 0.812. The first-order valence-electron chi connectivity index (χ1n) is 8.54. The van der Waals surface area contributed by atoms with E-state index in [1.165, 1.54) is 43.9 Å². The Bertz CT molecular complexity index is 526. The van der Waals surface area contributed by atoms with Gasteiger partial charge < -0.3 is 9.88 Å². The summed E-state index contributed by atoms with van der Waals surface area (Å²) >= 11 is 1.51. The molecule has 0 radical (unpaired) electrons. The molecule has 0 aliphatic heterocycles. The van der Waals surface area contributed by atoms with E-state index in [9.17, 15) is 4.79 Å². The van der Waals surface area contributed by atoms with Crippen molar-refractivity contribution in [3.63, 3.8) is 0 Å². The van der Waals surface area contributed by atoms with Crippen molar-refractivity contribution in [3.05, 3.63) is 5.82 Å². The number of amides is 1. The third kappa shape index (κ3) is 3.65. The minimum Gasteiger partial charge on any atom is -0.352 e. The van der Waals surface area contributed by atoms with Gasteiger partial charge in [-0.1, -0.05) is 31.5 Å². The molecule has 1 aromatic rings. The predicted octanol–water partition coefficient (Wildman–Crippen LogP) is 2.96. The van der Waals surface area contributed by atoms with Gasteiger partial charge in [0.05, 0.1) is 5.75 Å². The fourth-order valence-corrected chi connectivity index (χ4v) is 4.08. The third-order valence-corrected chi connectivity index (χ3v) is 5.76. The third-order valence-electron chi connectivity index (χ3n) is 4.79. The Hall–Kier alpha value is -1.04. The van der Waals surface area contributed by atoms with Gasteiger partial charge in [0.1, 0.15) is 5.82 Å². The molecule has 0 bridgehead atoms. The van der Waals surface area contributed by atoms with Gasteiger partial charge in [0, 0.05) is 18.5 Å². The summed E-state index contributed by atoms with van der Waals surface area (Å²) in [6.07, 6.45) is 7.33. The van der Waals surface area contributed by atoms with E-state index >= 15 is 0 Å². The number of aromatic nitrogens is 3. The van der Waals surface area contributed by atoms with Crippen LogP contribution in [0.3, 0.4) is 0 Å². The number of rotatable bonds is 6. The summed E-state index contributed by atoms with van der Waals surface area (Å²) in [5, 5.41) is 12.7. The van der Waals surface area contributed by atoms with E-state index in [1.807, 2.05) is 0 Å². The van der Waals surface area contributed by atoms with Gasteiger partial charge in [-0.25, -0.2) is 0 Å². The zero-order chi connectivity index (χ0) is 15.5. The van der Waals surface area contributed by atoms with Crippen LogP contribution in [0, 0.1) is 5.92 Å². The van der Waals surface area contributed by atoms with Gasteiger partial charge in [0.25, 0.3) is 0 Å². The van der Waals surface area contributed by atoms with Crippen LogP contribution >= 0.6 is 11.8 Å². The summed E-state index contributed by atoms with van der Waals surface area (Å²) in [6.45, 7) is 5.23. The molecule has 22 heavy (non-hydrogen) atoms. The van der Waals surface area contributed by atoms with Gasteiger partial charge in [-0.05, 0) is 38.5 Å². The van der Waals surface area contributed by atoms with Crippen LogP contribution < -0.4 is 5.32 Å². The summed E-state index contributed by atoms with van der Waals surface area (Å²) in [7, 11) is 0. The van der Waals surface area contributed by atoms with Crippen molar-refractivity contribution in [2.75, 3.05) is 5.75 Å². The molecule has 1 amide bonds. The maximum atomic E-state index is 12.2. The van der Waals surface area contributed by atoms with Crippen LogP contribution in [0.4, 0.5) is 0 Å². The second kappa shape index (κ2) is 7.02. The Morgan fingerprint density at radius 3 is 2.73 bits per heavy atom. The molecule has 122 valence electrons. The zero-order valence-electron chi connectivity index (χ0n) is 13.5. The lowest BCUT2D eigenvalue weighted by atomic mass is 9.86. The molecule has 0 aromatic carbocycles. The van der Waals surface area contributed by atoms with E-state index < -0.39 is 0 Å². The summed E-state index contributed by atoms with van der Waals surface area (Å²) in [4.78, 5) is 12.2. The number of hydrogen-bond acceptors (Lipinski definition) is 4. The normalized spacial score (nSPS) is 25.2. The minimum absolute atomic E-state index is 0.127. The highest BCUT2D eigenvalue weighted by Crippen LogP contribution is 2.39. The molecular formula is C16H26N4OS. The van der Waals surface area contributed by atoms with Crippen LogP contribution in [0.5, 0.6) is 0 Å². The summed E-state index contributed by atoms with van der Waals surface area (Å²) in [5.41, 5.74) is 0. The maximum absolute atomic E-state index is 12.2. The summed E-state index contributed by atoms with van der Waals surface area (Å²) in [6, 6.07) is 0.355. The van der Waals surface area contributed by atoms with E-state index in [0.717, 1.165) is 23.9 Å². The van der Waals surface area contributed by atoms with Gasteiger partial charge >= 0.3 is 0 Å². The largest absolute Gasteiger partial charge is 0.352 e. The van der Waals surface area contributed by atoms with Crippen LogP contribution in [0.1, 0.15) is 64.1 Å². The molecule has 6 heteroatoms. The Morgan fingerprint density at radius 2 is 2.05 bits per heavy atom. The quantitative estimate of drug-likeness (QED) is 0.818. The first-order valence-corrected chi connectivity index (χ1v) is 9.52. The molecule has 2 aliphatic rings. The standard InChI is InChI=1S/C16H26N4OS/c1-3-20-15(12-8-9-12)18-19-16(20)22-10-14(21)17-13-7-5-4-6-11(13)2/h11-13H,3-10H2,1-2H3,(H,17,21)/t11-,13+/m0/s1. The van der Waals surface area contributed by atoms with Crippen molar-refractivity contribution in [2.24, 2.45) is 5.92 Å². The van der Waals surface area contributed by atoms with Gasteiger partial charge in [-0.15, -0.1) is 10.2 Å². The number of nitrogens with zero attached hydrogens (tertiary/aromatic N) is 3. The number of carbonyl (C=O) groups is 1. The molecule has 1 aromatic heterocycles. The lowest BCUT2D eigenvalue weighted by Crippen LogP contribution is -2.41. The molecule has 0 unspecified atom stereocenters. The van der Waals surface area contributed by atoms with Crippen molar-refractivity contribution in [1.82, 2.24) is 20.1 Å². The van der Waals surface area contributed by atoms with Crippen LogP contribution in [0.15, 0.2) is 5.16 Å². The smallest absolute Gasteiger partial charge is 0.230 e. The minimum atomic E-state index is 0.127. The Balaban J connectivity index is 1.52. The maximum Gasteiger partial charge on any atom is 0.230 e. The van der Waals surface area contributed by atoms with Crippen molar-refractivity contribution < 1.29 is 4.79 Å². The topological polar surface area (TPSA) is 59.8 Å². The van der Waals surface area contributed by atoms with E-state index in [2.05, 4.69) is 33.9 Å². The van der Waals surface area contributed by atoms with Crippen LogP contribution in [0.25, 0.3) is 0 Å². The van der Waals surface area contributed by atoms with Crippen LogP contribution in [-0.2, 0) is 11.3 Å². The van der Waals surface area contributed by atoms with Crippen molar-refractivity contribution in [2.45, 2.75) is 76.0 Å². The summed E-state index contributed by atoms with van der Waals surface area (Å²) in [5.74, 6) is 2.86. The number of hydrogen-bond donors (Lipinski definition) is 1. The fourth-order valence-electron chi connectivity index (χ4n) is 3.26. The second-order valence-electron chi connectivity index (χ2n) is 6.58. The predicted molar refractivity (Wildman–Crippen MR) is 88.0 cm³/mol. The average Bonchev–Trinajstić information content (AvgIpc) is 3.27. The second-order valence-corrected chi connectivity index (χ2v) is 7.53. The van der Waals surface area contributed by atoms with E-state index in [0.29, 0.717) is 23.6 Å². The highest BCUT2D eigenvalue weighted by Gasteiger charge is 2.30. The average molecular weight is 322 g/mol. The van der Waals surface area contributed by atoms with E-state index in [-0.39, 0.29) is 5.91 Å². The Morgan fingerprint density at radius 1 is 1.27 bits per heavy atom. The molecule has 1 heterocycles.